The Morgan fingerprint density at radius 3 is 2.65 bits per heavy atom. The number of nitrogens with zero attached hydrogens (tertiary/aromatic N) is 1. The number of aliphatic hydroxyl groups excluding tert-OH is 1. The predicted octanol–water partition coefficient (Wildman–Crippen LogP) is 3.21. The monoisotopic (exact) mass is 379 g/mol. The van der Waals surface area contributed by atoms with Crippen molar-refractivity contribution in [2.24, 2.45) is 0 Å². The molecule has 2 atom stereocenters. The number of nitriles is 1. The minimum atomic E-state index is -3.70. The van der Waals surface area contributed by atoms with Crippen LogP contribution in [0.4, 0.5) is 8.78 Å². The van der Waals surface area contributed by atoms with Crippen LogP contribution in [0.3, 0.4) is 0 Å². The number of alkyl halides is 1. The first-order valence-electron chi connectivity index (χ1n) is 7.64. The Bertz CT molecular complexity index is 1040. The average molecular weight is 379 g/mol. The first-order chi connectivity index (χ1) is 12.0. The molecule has 0 aromatic heterocycles. The fraction of sp³-hybridized carbons (Fsp3) is 0.278. The molecule has 8 heteroatoms. The van der Waals surface area contributed by atoms with E-state index >= 15 is 0 Å². The normalized spacial score (nSPS) is 21.9. The molecule has 1 aliphatic carbocycles. The van der Waals surface area contributed by atoms with Crippen molar-refractivity contribution in [2.45, 2.75) is 30.0 Å². The zero-order chi connectivity index (χ0) is 19.3. The second-order valence-corrected chi connectivity index (χ2v) is 8.46. The van der Waals surface area contributed by atoms with Crippen LogP contribution in [0.5, 0.6) is 11.5 Å². The van der Waals surface area contributed by atoms with Crippen molar-refractivity contribution in [3.05, 3.63) is 52.8 Å². The van der Waals surface area contributed by atoms with Crippen molar-refractivity contribution in [2.75, 3.05) is 6.26 Å². The molecular formula is C18H15F2NO4S. The molecule has 2 aromatic rings. The summed E-state index contributed by atoms with van der Waals surface area (Å²) in [6.07, 6.45) is -0.925. The van der Waals surface area contributed by atoms with Crippen molar-refractivity contribution in [3.63, 3.8) is 0 Å². The summed E-state index contributed by atoms with van der Waals surface area (Å²) in [4.78, 5) is -0.175. The van der Waals surface area contributed by atoms with E-state index in [0.717, 1.165) is 18.4 Å². The second-order valence-electron chi connectivity index (χ2n) is 6.47. The predicted molar refractivity (Wildman–Crippen MR) is 88.9 cm³/mol. The van der Waals surface area contributed by atoms with E-state index in [1.54, 1.807) is 6.07 Å². The van der Waals surface area contributed by atoms with Crippen LogP contribution in [0.1, 0.15) is 29.7 Å². The molecule has 5 nitrogen and oxygen atoms in total. The average Bonchev–Trinajstić information content (AvgIpc) is 2.77. The SMILES string of the molecule is C[C@@]1(F)Cc2c(Oc3cc(F)cc(C#N)c3)ccc(S(C)(=O)=O)c2[C@@H]1O. The second kappa shape index (κ2) is 6.04. The van der Waals surface area contributed by atoms with E-state index in [1.165, 1.54) is 25.1 Å². The summed E-state index contributed by atoms with van der Waals surface area (Å²) >= 11 is 0. The van der Waals surface area contributed by atoms with Crippen LogP contribution in [-0.4, -0.2) is 25.4 Å². The highest BCUT2D eigenvalue weighted by Gasteiger charge is 2.46. The topological polar surface area (TPSA) is 87.4 Å². The van der Waals surface area contributed by atoms with Gasteiger partial charge in [0.25, 0.3) is 0 Å². The van der Waals surface area contributed by atoms with E-state index in [-0.39, 0.29) is 39.5 Å². The van der Waals surface area contributed by atoms with Crippen molar-refractivity contribution >= 4 is 9.84 Å². The Balaban J connectivity index is 2.15. The molecule has 0 spiro atoms. The van der Waals surface area contributed by atoms with Gasteiger partial charge in [-0.1, -0.05) is 0 Å². The number of rotatable bonds is 3. The van der Waals surface area contributed by atoms with Crippen LogP contribution < -0.4 is 4.74 Å². The first kappa shape index (κ1) is 18.3. The van der Waals surface area contributed by atoms with Gasteiger partial charge in [0.15, 0.2) is 9.84 Å². The molecular weight excluding hydrogens is 364 g/mol. The highest BCUT2D eigenvalue weighted by atomic mass is 32.2. The fourth-order valence-corrected chi connectivity index (χ4v) is 4.03. The zero-order valence-electron chi connectivity index (χ0n) is 14.0. The molecule has 136 valence electrons. The maximum atomic E-state index is 14.7. The van der Waals surface area contributed by atoms with Crippen LogP contribution in [0.2, 0.25) is 0 Å². The lowest BCUT2D eigenvalue weighted by Gasteiger charge is -2.18. The van der Waals surface area contributed by atoms with Gasteiger partial charge in [-0.15, -0.1) is 0 Å². The number of sulfone groups is 1. The molecule has 1 N–H and O–H groups in total. The van der Waals surface area contributed by atoms with Crippen LogP contribution in [0, 0.1) is 17.1 Å². The highest BCUT2D eigenvalue weighted by Crippen LogP contribution is 2.48. The fourth-order valence-electron chi connectivity index (χ4n) is 3.08. The Labute approximate surface area is 149 Å². The van der Waals surface area contributed by atoms with E-state index in [0.29, 0.717) is 0 Å². The van der Waals surface area contributed by atoms with Gasteiger partial charge in [0.05, 0.1) is 16.5 Å². The molecule has 0 aliphatic heterocycles. The third-order valence-electron chi connectivity index (χ3n) is 4.27. The standard InChI is InChI=1S/C18H15F2NO4S/c1-18(20)8-13-14(25-12-6-10(9-21)5-11(19)7-12)3-4-15(26(2,23)24)16(13)17(18)22/h3-7,17,22H,8H2,1-2H3/t17-,18+/m0/s1. The van der Waals surface area contributed by atoms with Gasteiger partial charge < -0.3 is 9.84 Å². The van der Waals surface area contributed by atoms with Crippen molar-refractivity contribution in [1.82, 2.24) is 0 Å². The minimum Gasteiger partial charge on any atom is -0.457 e. The maximum Gasteiger partial charge on any atom is 0.175 e. The molecule has 1 aliphatic rings. The Morgan fingerprint density at radius 1 is 1.35 bits per heavy atom. The third-order valence-corrected chi connectivity index (χ3v) is 5.42. The number of benzene rings is 2. The van der Waals surface area contributed by atoms with Gasteiger partial charge in [0, 0.05) is 29.9 Å². The van der Waals surface area contributed by atoms with E-state index in [4.69, 9.17) is 10.00 Å². The van der Waals surface area contributed by atoms with Gasteiger partial charge in [-0.05, 0) is 31.2 Å². The molecule has 0 saturated heterocycles. The number of aliphatic hydroxyl groups is 1. The largest absolute Gasteiger partial charge is 0.457 e. The number of hydrogen-bond donors (Lipinski definition) is 1. The minimum absolute atomic E-state index is 0.0119. The molecule has 0 bridgehead atoms. The summed E-state index contributed by atoms with van der Waals surface area (Å²) in [5, 5.41) is 19.2. The molecule has 0 saturated carbocycles. The third kappa shape index (κ3) is 3.16. The Morgan fingerprint density at radius 2 is 2.04 bits per heavy atom. The van der Waals surface area contributed by atoms with E-state index in [9.17, 15) is 22.3 Å². The molecule has 26 heavy (non-hydrogen) atoms. The zero-order valence-corrected chi connectivity index (χ0v) is 14.8. The summed E-state index contributed by atoms with van der Waals surface area (Å²) in [6.45, 7) is 1.17. The molecule has 0 radical (unpaired) electrons. The summed E-state index contributed by atoms with van der Waals surface area (Å²) in [7, 11) is -3.70. The van der Waals surface area contributed by atoms with Gasteiger partial charge in [-0.25, -0.2) is 17.2 Å². The van der Waals surface area contributed by atoms with Crippen LogP contribution in [0.25, 0.3) is 0 Å². The smallest absolute Gasteiger partial charge is 0.175 e. The lowest BCUT2D eigenvalue weighted by atomic mass is 10.0. The number of ether oxygens (including phenoxy) is 1. The molecule has 0 fully saturated rings. The first-order valence-corrected chi connectivity index (χ1v) is 9.53. The molecule has 3 rings (SSSR count). The molecule has 0 amide bonds. The van der Waals surface area contributed by atoms with Gasteiger partial charge in [0.2, 0.25) is 0 Å². The van der Waals surface area contributed by atoms with Crippen LogP contribution >= 0.6 is 0 Å². The molecule has 0 heterocycles. The lowest BCUT2D eigenvalue weighted by Crippen LogP contribution is -2.24. The van der Waals surface area contributed by atoms with Crippen LogP contribution in [0.15, 0.2) is 35.2 Å². The maximum absolute atomic E-state index is 14.7. The summed E-state index contributed by atoms with van der Waals surface area (Å²) in [5.74, 6) is -0.570. The van der Waals surface area contributed by atoms with Gasteiger partial charge in [-0.3, -0.25) is 0 Å². The number of hydrogen-bond acceptors (Lipinski definition) is 5. The van der Waals surface area contributed by atoms with Crippen LogP contribution in [-0.2, 0) is 16.3 Å². The highest BCUT2D eigenvalue weighted by molar-refractivity contribution is 7.90. The van der Waals surface area contributed by atoms with E-state index in [2.05, 4.69) is 0 Å². The summed E-state index contributed by atoms with van der Waals surface area (Å²) in [6, 6.07) is 7.74. The molecule has 2 aromatic carbocycles. The van der Waals surface area contributed by atoms with Crippen molar-refractivity contribution in [1.29, 1.82) is 5.26 Å². The Hall–Kier alpha value is -2.50. The quantitative estimate of drug-likeness (QED) is 0.885. The van der Waals surface area contributed by atoms with Gasteiger partial charge in [-0.2, -0.15) is 5.26 Å². The van der Waals surface area contributed by atoms with Gasteiger partial charge in [0.1, 0.15) is 29.1 Å². The van der Waals surface area contributed by atoms with Crippen molar-refractivity contribution < 1.29 is 27.0 Å². The summed E-state index contributed by atoms with van der Waals surface area (Å²) < 4.78 is 57.8. The van der Waals surface area contributed by atoms with Gasteiger partial charge >= 0.3 is 0 Å². The summed E-state index contributed by atoms with van der Waals surface area (Å²) in [5.41, 5.74) is -1.87. The number of fused-ring (bicyclic) bond motifs is 1. The lowest BCUT2D eigenvalue weighted by molar-refractivity contribution is 0.0166. The Kier molecular flexibility index (Phi) is 4.25. The van der Waals surface area contributed by atoms with E-state index in [1.807, 2.05) is 0 Å². The molecule has 0 unspecified atom stereocenters. The van der Waals surface area contributed by atoms with E-state index < -0.39 is 27.4 Å². The number of halogens is 2. The van der Waals surface area contributed by atoms with Crippen molar-refractivity contribution in [3.8, 4) is 17.6 Å².